The molecule has 0 saturated carbocycles. The van der Waals surface area contributed by atoms with Gasteiger partial charge in [0.2, 0.25) is 10.0 Å². The highest BCUT2D eigenvalue weighted by atomic mass is 32.2. The zero-order valence-electron chi connectivity index (χ0n) is 18.6. The Labute approximate surface area is 199 Å². The van der Waals surface area contributed by atoms with Crippen LogP contribution in [-0.2, 0) is 16.6 Å². The Kier molecular flexibility index (Phi) is 7.36. The first-order chi connectivity index (χ1) is 16.4. The molecule has 0 radical (unpaired) electrons. The van der Waals surface area contributed by atoms with Gasteiger partial charge in [-0.05, 0) is 42.0 Å². The van der Waals surface area contributed by atoms with Crippen LogP contribution in [-0.4, -0.2) is 55.6 Å². The quantitative estimate of drug-likeness (QED) is 0.530. The highest BCUT2D eigenvalue weighted by molar-refractivity contribution is 7.89. The lowest BCUT2D eigenvalue weighted by Crippen LogP contribution is -2.48. The second-order valence-corrected chi connectivity index (χ2v) is 9.90. The summed E-state index contributed by atoms with van der Waals surface area (Å²) in [6.45, 7) is 2.90. The minimum atomic E-state index is -3.66. The van der Waals surface area contributed by atoms with Crippen molar-refractivity contribution in [2.45, 2.75) is 11.4 Å². The van der Waals surface area contributed by atoms with E-state index in [1.807, 2.05) is 18.2 Å². The average molecular weight is 479 g/mol. The topological polar surface area (TPSA) is 98.8 Å². The molecule has 2 amide bonds. The van der Waals surface area contributed by atoms with Crippen LogP contribution >= 0.6 is 0 Å². The van der Waals surface area contributed by atoms with E-state index in [0.717, 1.165) is 6.54 Å². The fourth-order valence-corrected chi connectivity index (χ4v) is 5.17. The number of amides is 2. The summed E-state index contributed by atoms with van der Waals surface area (Å²) < 4.78 is 27.6. The Bertz CT molecular complexity index is 1220. The lowest BCUT2D eigenvalue weighted by Gasteiger charge is -2.34. The monoisotopic (exact) mass is 478 g/mol. The van der Waals surface area contributed by atoms with Gasteiger partial charge in [-0.25, -0.2) is 8.42 Å². The molecule has 2 N–H and O–H groups in total. The van der Waals surface area contributed by atoms with Gasteiger partial charge in [-0.15, -0.1) is 0 Å². The van der Waals surface area contributed by atoms with Crippen LogP contribution < -0.4 is 10.9 Å². The summed E-state index contributed by atoms with van der Waals surface area (Å²) in [6.07, 6.45) is 0. The molecule has 1 heterocycles. The van der Waals surface area contributed by atoms with E-state index in [4.69, 9.17) is 0 Å². The SMILES string of the molecule is O=C(NNC(=O)c1ccc(S(=O)(=O)N2CCN(Cc3ccccc3)CC2)cc1)c1ccccc1. The number of carbonyl (C=O) groups excluding carboxylic acids is 2. The molecule has 4 rings (SSSR count). The zero-order chi connectivity index (χ0) is 24.0. The molecule has 3 aromatic rings. The van der Waals surface area contributed by atoms with Crippen molar-refractivity contribution in [2.75, 3.05) is 26.2 Å². The molecule has 1 aliphatic rings. The third-order valence-corrected chi connectivity index (χ3v) is 7.57. The highest BCUT2D eigenvalue weighted by Gasteiger charge is 2.28. The maximum atomic E-state index is 13.1. The third-order valence-electron chi connectivity index (χ3n) is 5.66. The van der Waals surface area contributed by atoms with E-state index >= 15 is 0 Å². The lowest BCUT2D eigenvalue weighted by molar-refractivity contribution is 0.0846. The Hall–Kier alpha value is -3.53. The number of hydrogen-bond acceptors (Lipinski definition) is 5. The number of hydrogen-bond donors (Lipinski definition) is 2. The van der Waals surface area contributed by atoms with E-state index in [-0.39, 0.29) is 10.5 Å². The van der Waals surface area contributed by atoms with E-state index in [0.29, 0.717) is 31.7 Å². The number of sulfonamides is 1. The normalized spacial score (nSPS) is 14.9. The predicted octanol–water partition coefficient (Wildman–Crippen LogP) is 2.27. The number of hydrazine groups is 1. The Morgan fingerprint density at radius 3 is 1.74 bits per heavy atom. The van der Waals surface area contributed by atoms with Gasteiger partial charge in [-0.3, -0.25) is 25.3 Å². The fraction of sp³-hybridized carbons (Fsp3) is 0.200. The van der Waals surface area contributed by atoms with Gasteiger partial charge in [-0.2, -0.15) is 4.31 Å². The van der Waals surface area contributed by atoms with Gasteiger partial charge in [0.15, 0.2) is 0 Å². The molecule has 176 valence electrons. The van der Waals surface area contributed by atoms with Crippen molar-refractivity contribution in [3.05, 3.63) is 102 Å². The number of carbonyl (C=O) groups is 2. The molecule has 8 nitrogen and oxygen atoms in total. The summed E-state index contributed by atoms with van der Waals surface area (Å²) in [5.41, 5.74) is 6.53. The first kappa shape index (κ1) is 23.6. The van der Waals surface area contributed by atoms with Gasteiger partial charge < -0.3 is 0 Å². The van der Waals surface area contributed by atoms with Gasteiger partial charge in [0.05, 0.1) is 4.90 Å². The molecule has 0 aliphatic carbocycles. The van der Waals surface area contributed by atoms with E-state index in [1.165, 1.54) is 34.1 Å². The van der Waals surface area contributed by atoms with Crippen molar-refractivity contribution < 1.29 is 18.0 Å². The summed E-state index contributed by atoms with van der Waals surface area (Å²) >= 11 is 0. The minimum absolute atomic E-state index is 0.133. The maximum Gasteiger partial charge on any atom is 0.269 e. The molecule has 0 unspecified atom stereocenters. The number of piperazine rings is 1. The molecular weight excluding hydrogens is 452 g/mol. The first-order valence-corrected chi connectivity index (χ1v) is 12.4. The average Bonchev–Trinajstić information content (AvgIpc) is 2.88. The summed E-state index contributed by atoms with van der Waals surface area (Å²) in [7, 11) is -3.66. The fourth-order valence-electron chi connectivity index (χ4n) is 3.74. The second-order valence-electron chi connectivity index (χ2n) is 7.96. The summed E-state index contributed by atoms with van der Waals surface area (Å²) in [5, 5.41) is 0. The molecular formula is C25H26N4O4S. The number of rotatable bonds is 6. The lowest BCUT2D eigenvalue weighted by atomic mass is 10.2. The minimum Gasteiger partial charge on any atom is -0.296 e. The van der Waals surface area contributed by atoms with Crippen molar-refractivity contribution in [3.63, 3.8) is 0 Å². The summed E-state index contributed by atoms with van der Waals surface area (Å²) in [4.78, 5) is 26.8. The molecule has 1 fully saturated rings. The Balaban J connectivity index is 1.32. The van der Waals surface area contributed by atoms with E-state index in [9.17, 15) is 18.0 Å². The first-order valence-electron chi connectivity index (χ1n) is 11.0. The Morgan fingerprint density at radius 1 is 0.676 bits per heavy atom. The highest BCUT2D eigenvalue weighted by Crippen LogP contribution is 2.19. The molecule has 34 heavy (non-hydrogen) atoms. The van der Waals surface area contributed by atoms with Gasteiger partial charge in [0, 0.05) is 43.9 Å². The molecule has 9 heteroatoms. The Morgan fingerprint density at radius 2 is 1.18 bits per heavy atom. The van der Waals surface area contributed by atoms with Gasteiger partial charge in [0.25, 0.3) is 11.8 Å². The number of benzene rings is 3. The van der Waals surface area contributed by atoms with Crippen LogP contribution in [0.4, 0.5) is 0 Å². The van der Waals surface area contributed by atoms with Crippen LogP contribution in [0.1, 0.15) is 26.3 Å². The van der Waals surface area contributed by atoms with Crippen molar-refractivity contribution in [3.8, 4) is 0 Å². The number of nitrogens with one attached hydrogen (secondary N) is 2. The van der Waals surface area contributed by atoms with E-state index in [2.05, 4.69) is 27.9 Å². The maximum absolute atomic E-state index is 13.1. The van der Waals surface area contributed by atoms with Crippen LogP contribution in [0.25, 0.3) is 0 Å². The van der Waals surface area contributed by atoms with Crippen molar-refractivity contribution >= 4 is 21.8 Å². The summed E-state index contributed by atoms with van der Waals surface area (Å²) in [6, 6.07) is 24.3. The van der Waals surface area contributed by atoms with Crippen LogP contribution in [0.3, 0.4) is 0 Å². The van der Waals surface area contributed by atoms with Crippen LogP contribution in [0, 0.1) is 0 Å². The van der Waals surface area contributed by atoms with E-state index < -0.39 is 21.8 Å². The molecule has 0 spiro atoms. The van der Waals surface area contributed by atoms with Crippen molar-refractivity contribution in [1.29, 1.82) is 0 Å². The molecule has 3 aromatic carbocycles. The second kappa shape index (κ2) is 10.6. The standard InChI is InChI=1S/C25H26N4O4S/c30-24(21-9-5-2-6-10-21)26-27-25(31)22-11-13-23(14-12-22)34(32,33)29-17-15-28(16-18-29)19-20-7-3-1-4-8-20/h1-14H,15-19H2,(H,26,30)(H,27,31). The number of nitrogens with zero attached hydrogens (tertiary/aromatic N) is 2. The van der Waals surface area contributed by atoms with Crippen LogP contribution in [0.15, 0.2) is 89.8 Å². The van der Waals surface area contributed by atoms with Crippen molar-refractivity contribution in [1.82, 2.24) is 20.1 Å². The molecule has 1 saturated heterocycles. The predicted molar refractivity (Wildman–Crippen MR) is 128 cm³/mol. The molecule has 0 bridgehead atoms. The third kappa shape index (κ3) is 5.69. The van der Waals surface area contributed by atoms with Gasteiger partial charge in [-0.1, -0.05) is 48.5 Å². The molecule has 1 aliphatic heterocycles. The van der Waals surface area contributed by atoms with E-state index in [1.54, 1.807) is 30.3 Å². The summed E-state index contributed by atoms with van der Waals surface area (Å²) in [5.74, 6) is -0.984. The zero-order valence-corrected chi connectivity index (χ0v) is 19.4. The van der Waals surface area contributed by atoms with Gasteiger partial charge >= 0.3 is 0 Å². The van der Waals surface area contributed by atoms with Crippen LogP contribution in [0.5, 0.6) is 0 Å². The molecule has 0 atom stereocenters. The largest absolute Gasteiger partial charge is 0.296 e. The van der Waals surface area contributed by atoms with Gasteiger partial charge in [0.1, 0.15) is 0 Å². The molecule has 0 aromatic heterocycles. The van der Waals surface area contributed by atoms with Crippen molar-refractivity contribution in [2.24, 2.45) is 0 Å². The van der Waals surface area contributed by atoms with Crippen LogP contribution in [0.2, 0.25) is 0 Å². The smallest absolute Gasteiger partial charge is 0.269 e.